The summed E-state index contributed by atoms with van der Waals surface area (Å²) in [5.41, 5.74) is 6.60. The predicted molar refractivity (Wildman–Crippen MR) is 144 cm³/mol. The number of hydrogen-bond donors (Lipinski definition) is 2. The van der Waals surface area contributed by atoms with Crippen LogP contribution < -0.4 is 15.4 Å². The van der Waals surface area contributed by atoms with Crippen molar-refractivity contribution in [2.75, 3.05) is 40.5 Å². The maximum Gasteiger partial charge on any atom is 0.252 e. The van der Waals surface area contributed by atoms with Crippen molar-refractivity contribution in [1.82, 2.24) is 15.5 Å². The number of benzene rings is 2. The lowest BCUT2D eigenvalue weighted by atomic mass is 9.83. The number of methoxy groups -OCH3 is 2. The molecule has 2 aromatic rings. The SMILES string of the molecule is COCCOCc1ccc(C2=C(C(=O)N(Cc3cccc(OC)c3C)C3CC3)C3CNCC(C2)N3)cc1. The van der Waals surface area contributed by atoms with E-state index in [1.54, 1.807) is 14.2 Å². The van der Waals surface area contributed by atoms with Gasteiger partial charge in [-0.05, 0) is 60.1 Å². The second-order valence-corrected chi connectivity index (χ2v) is 10.3. The first-order chi connectivity index (χ1) is 18.1. The number of amides is 1. The average molecular weight is 506 g/mol. The monoisotopic (exact) mass is 505 g/mol. The van der Waals surface area contributed by atoms with E-state index in [2.05, 4.69) is 52.8 Å². The molecule has 0 aromatic heterocycles. The Morgan fingerprint density at radius 2 is 1.86 bits per heavy atom. The number of nitrogens with zero attached hydrogens (tertiary/aromatic N) is 1. The van der Waals surface area contributed by atoms with Crippen molar-refractivity contribution in [3.8, 4) is 5.75 Å². The Hall–Kier alpha value is -2.71. The van der Waals surface area contributed by atoms with Gasteiger partial charge >= 0.3 is 0 Å². The van der Waals surface area contributed by atoms with Gasteiger partial charge in [-0.15, -0.1) is 0 Å². The van der Waals surface area contributed by atoms with Crippen LogP contribution in [0.2, 0.25) is 0 Å². The highest BCUT2D eigenvalue weighted by atomic mass is 16.5. The third kappa shape index (κ3) is 5.91. The molecule has 2 N–H and O–H groups in total. The van der Waals surface area contributed by atoms with Crippen LogP contribution in [-0.4, -0.2) is 69.5 Å². The minimum absolute atomic E-state index is 0.0136. The van der Waals surface area contributed by atoms with Gasteiger partial charge in [-0.3, -0.25) is 4.79 Å². The lowest BCUT2D eigenvalue weighted by molar-refractivity contribution is -0.128. The average Bonchev–Trinajstić information content (AvgIpc) is 3.76. The van der Waals surface area contributed by atoms with Crippen molar-refractivity contribution in [1.29, 1.82) is 0 Å². The molecular weight excluding hydrogens is 466 g/mol. The zero-order valence-electron chi connectivity index (χ0n) is 22.2. The van der Waals surface area contributed by atoms with Crippen molar-refractivity contribution in [3.05, 3.63) is 70.3 Å². The smallest absolute Gasteiger partial charge is 0.252 e. The van der Waals surface area contributed by atoms with Crippen LogP contribution in [-0.2, 0) is 27.4 Å². The summed E-state index contributed by atoms with van der Waals surface area (Å²) in [6.45, 7) is 6.09. The van der Waals surface area contributed by atoms with E-state index >= 15 is 0 Å². The molecule has 1 saturated heterocycles. The molecule has 5 rings (SSSR count). The maximum atomic E-state index is 14.3. The van der Waals surface area contributed by atoms with Crippen LogP contribution >= 0.6 is 0 Å². The second kappa shape index (κ2) is 11.8. The van der Waals surface area contributed by atoms with Gasteiger partial charge in [0, 0.05) is 44.4 Å². The van der Waals surface area contributed by atoms with E-state index in [1.165, 1.54) is 5.57 Å². The molecule has 0 radical (unpaired) electrons. The van der Waals surface area contributed by atoms with E-state index in [0.29, 0.717) is 38.4 Å². The van der Waals surface area contributed by atoms with Crippen molar-refractivity contribution in [2.24, 2.45) is 0 Å². The molecule has 2 aliphatic heterocycles. The van der Waals surface area contributed by atoms with Gasteiger partial charge in [-0.2, -0.15) is 0 Å². The van der Waals surface area contributed by atoms with E-state index in [0.717, 1.165) is 65.9 Å². The molecule has 1 saturated carbocycles. The fourth-order valence-electron chi connectivity index (χ4n) is 5.52. The van der Waals surface area contributed by atoms with E-state index < -0.39 is 0 Å². The molecule has 2 bridgehead atoms. The largest absolute Gasteiger partial charge is 0.496 e. The number of ether oxygens (including phenoxy) is 3. The fourth-order valence-corrected chi connectivity index (χ4v) is 5.52. The lowest BCUT2D eigenvalue weighted by Crippen LogP contribution is -2.60. The van der Waals surface area contributed by atoms with Gasteiger partial charge < -0.3 is 29.7 Å². The Bertz CT molecular complexity index is 1130. The quantitative estimate of drug-likeness (QED) is 0.456. The van der Waals surface area contributed by atoms with Crippen LogP contribution in [0.3, 0.4) is 0 Å². The zero-order valence-corrected chi connectivity index (χ0v) is 22.2. The highest BCUT2D eigenvalue weighted by Gasteiger charge is 2.41. The van der Waals surface area contributed by atoms with Crippen LogP contribution in [0.5, 0.6) is 5.75 Å². The Kier molecular flexibility index (Phi) is 8.25. The molecule has 198 valence electrons. The van der Waals surface area contributed by atoms with E-state index in [4.69, 9.17) is 14.2 Å². The van der Waals surface area contributed by atoms with Crippen LogP contribution in [0.4, 0.5) is 0 Å². The van der Waals surface area contributed by atoms with Gasteiger partial charge in [0.05, 0.1) is 33.0 Å². The Morgan fingerprint density at radius 3 is 2.59 bits per heavy atom. The summed E-state index contributed by atoms with van der Waals surface area (Å²) >= 11 is 0. The van der Waals surface area contributed by atoms with Gasteiger partial charge in [-0.1, -0.05) is 36.4 Å². The number of fused-ring (bicyclic) bond motifs is 2. The van der Waals surface area contributed by atoms with Gasteiger partial charge in [0.15, 0.2) is 0 Å². The maximum absolute atomic E-state index is 14.3. The highest BCUT2D eigenvalue weighted by Crippen LogP contribution is 2.37. The molecule has 1 amide bonds. The summed E-state index contributed by atoms with van der Waals surface area (Å²) in [7, 11) is 3.38. The molecule has 2 atom stereocenters. The molecule has 0 spiro atoms. The van der Waals surface area contributed by atoms with Crippen LogP contribution in [0.25, 0.3) is 5.57 Å². The molecule has 7 nitrogen and oxygen atoms in total. The highest BCUT2D eigenvalue weighted by molar-refractivity contribution is 6.03. The third-order valence-electron chi connectivity index (χ3n) is 7.74. The summed E-state index contributed by atoms with van der Waals surface area (Å²) < 4.78 is 16.3. The standard InChI is InChI=1S/C30H39N3O4/c1-20-23(5-4-6-28(20)36-3)18-33(25-11-12-25)30(34)29-26(15-24-16-31-17-27(29)32-24)22-9-7-21(8-10-22)19-37-14-13-35-2/h4-10,24-25,27,31-32H,11-19H2,1-3H3. The first-order valence-corrected chi connectivity index (χ1v) is 13.4. The van der Waals surface area contributed by atoms with Crippen molar-refractivity contribution >= 4 is 11.5 Å². The number of nitrogens with one attached hydrogen (secondary N) is 2. The molecular formula is C30H39N3O4. The van der Waals surface area contributed by atoms with Crippen molar-refractivity contribution < 1.29 is 19.0 Å². The number of piperazine rings is 1. The summed E-state index contributed by atoms with van der Waals surface area (Å²) in [6, 6.07) is 15.3. The second-order valence-electron chi connectivity index (χ2n) is 10.3. The summed E-state index contributed by atoms with van der Waals surface area (Å²) in [4.78, 5) is 16.4. The molecule has 2 unspecified atom stereocenters. The molecule has 37 heavy (non-hydrogen) atoms. The molecule has 3 aliphatic rings. The van der Waals surface area contributed by atoms with E-state index in [-0.39, 0.29) is 11.9 Å². The first kappa shape index (κ1) is 25.9. The van der Waals surface area contributed by atoms with Gasteiger partial charge in [0.2, 0.25) is 0 Å². The minimum atomic E-state index is 0.0136. The minimum Gasteiger partial charge on any atom is -0.496 e. The van der Waals surface area contributed by atoms with Crippen LogP contribution in [0.1, 0.15) is 41.5 Å². The summed E-state index contributed by atoms with van der Waals surface area (Å²) in [5.74, 6) is 1.02. The molecule has 2 heterocycles. The number of hydrogen-bond acceptors (Lipinski definition) is 6. The number of carbonyl (C=O) groups excluding carboxylic acids is 1. The molecule has 2 fully saturated rings. The first-order valence-electron chi connectivity index (χ1n) is 13.4. The molecule has 2 aromatic carbocycles. The zero-order chi connectivity index (χ0) is 25.8. The normalized spacial score (nSPS) is 21.2. The third-order valence-corrected chi connectivity index (χ3v) is 7.74. The number of carbonyl (C=O) groups is 1. The molecule has 1 aliphatic carbocycles. The van der Waals surface area contributed by atoms with Crippen LogP contribution in [0.15, 0.2) is 48.0 Å². The topological polar surface area (TPSA) is 72.1 Å². The van der Waals surface area contributed by atoms with E-state index in [9.17, 15) is 4.79 Å². The Morgan fingerprint density at radius 1 is 1.05 bits per heavy atom. The summed E-state index contributed by atoms with van der Waals surface area (Å²) in [6.07, 6.45) is 2.97. The van der Waals surface area contributed by atoms with Gasteiger partial charge in [0.25, 0.3) is 5.91 Å². The number of rotatable bonds is 11. The van der Waals surface area contributed by atoms with Crippen molar-refractivity contribution in [2.45, 2.75) is 57.5 Å². The lowest BCUT2D eigenvalue weighted by Gasteiger charge is -2.41. The molecule has 7 heteroatoms. The Balaban J connectivity index is 1.44. The van der Waals surface area contributed by atoms with Gasteiger partial charge in [0.1, 0.15) is 5.75 Å². The predicted octanol–water partition coefficient (Wildman–Crippen LogP) is 3.45. The van der Waals surface area contributed by atoms with Crippen molar-refractivity contribution in [3.63, 3.8) is 0 Å². The summed E-state index contributed by atoms with van der Waals surface area (Å²) in [5, 5.41) is 7.26. The fraction of sp³-hybridized carbons (Fsp3) is 0.500. The van der Waals surface area contributed by atoms with Gasteiger partial charge in [-0.25, -0.2) is 0 Å². The van der Waals surface area contributed by atoms with Crippen LogP contribution in [0, 0.1) is 6.92 Å². The Labute approximate surface area is 220 Å². The van der Waals surface area contributed by atoms with E-state index in [1.807, 2.05) is 12.1 Å².